The Morgan fingerprint density at radius 3 is 2.73 bits per heavy atom. The van der Waals surface area contributed by atoms with Crippen LogP contribution in [0.1, 0.15) is 39.0 Å². The summed E-state index contributed by atoms with van der Waals surface area (Å²) in [6.07, 6.45) is 10.7. The minimum absolute atomic E-state index is 0.0804. The van der Waals surface area contributed by atoms with Gasteiger partial charge < -0.3 is 9.47 Å². The quantitative estimate of drug-likeness (QED) is 0.666. The molecule has 0 aromatic heterocycles. The fraction of sp³-hybridized carbons (Fsp3) is 0.846. The summed E-state index contributed by atoms with van der Waals surface area (Å²) in [5.41, 5.74) is 0. The zero-order valence-electron chi connectivity index (χ0n) is 9.65. The first-order valence-corrected chi connectivity index (χ1v) is 6.26. The molecule has 0 saturated carbocycles. The highest BCUT2D eigenvalue weighted by atomic mass is 16.7. The highest BCUT2D eigenvalue weighted by Gasteiger charge is 2.21. The van der Waals surface area contributed by atoms with E-state index in [9.17, 15) is 0 Å². The van der Waals surface area contributed by atoms with Gasteiger partial charge in [0.25, 0.3) is 0 Å². The molecule has 2 aliphatic rings. The van der Waals surface area contributed by atoms with E-state index in [0.29, 0.717) is 0 Å². The van der Waals surface area contributed by atoms with Gasteiger partial charge in [-0.2, -0.15) is 0 Å². The minimum Gasteiger partial charge on any atom is -0.353 e. The Balaban J connectivity index is 1.70. The zero-order valence-corrected chi connectivity index (χ0v) is 9.65. The van der Waals surface area contributed by atoms with Gasteiger partial charge in [0.05, 0.1) is 13.2 Å². The molecule has 0 aromatic rings. The first-order chi connectivity index (χ1) is 7.36. The van der Waals surface area contributed by atoms with Crippen LogP contribution in [0.25, 0.3) is 0 Å². The average Bonchev–Trinajstić information content (AvgIpc) is 2.29. The van der Waals surface area contributed by atoms with Crippen molar-refractivity contribution in [3.63, 3.8) is 0 Å². The summed E-state index contributed by atoms with van der Waals surface area (Å²) in [6, 6.07) is 0. The van der Waals surface area contributed by atoms with E-state index >= 15 is 0 Å². The lowest BCUT2D eigenvalue weighted by molar-refractivity contribution is -0.183. The molecule has 0 radical (unpaired) electrons. The van der Waals surface area contributed by atoms with Gasteiger partial charge in [0.1, 0.15) is 0 Å². The van der Waals surface area contributed by atoms with Crippen LogP contribution in [-0.2, 0) is 9.47 Å². The van der Waals surface area contributed by atoms with E-state index in [2.05, 4.69) is 19.1 Å². The number of hydrogen-bond donors (Lipinski definition) is 0. The second-order valence-electron chi connectivity index (χ2n) is 4.73. The topological polar surface area (TPSA) is 18.5 Å². The third-order valence-electron chi connectivity index (χ3n) is 3.56. The van der Waals surface area contributed by atoms with Gasteiger partial charge in [-0.1, -0.05) is 19.1 Å². The fourth-order valence-electron chi connectivity index (χ4n) is 2.50. The Hall–Kier alpha value is -0.340. The van der Waals surface area contributed by atoms with E-state index in [1.54, 1.807) is 0 Å². The molecule has 0 amide bonds. The second-order valence-corrected chi connectivity index (χ2v) is 4.73. The molecule has 2 rings (SSSR count). The van der Waals surface area contributed by atoms with Crippen molar-refractivity contribution in [1.29, 1.82) is 0 Å². The van der Waals surface area contributed by atoms with Gasteiger partial charge in [-0.15, -0.1) is 0 Å². The van der Waals surface area contributed by atoms with E-state index < -0.39 is 0 Å². The van der Waals surface area contributed by atoms with Gasteiger partial charge in [0.2, 0.25) is 0 Å². The number of allylic oxidation sites excluding steroid dienone is 2. The molecular formula is C13H22O2. The molecule has 0 N–H and O–H groups in total. The van der Waals surface area contributed by atoms with Crippen LogP contribution < -0.4 is 0 Å². The van der Waals surface area contributed by atoms with E-state index in [1.807, 2.05) is 0 Å². The SMILES string of the molecule is CC1C=CCCC1CCC1OCCCO1. The maximum atomic E-state index is 5.56. The van der Waals surface area contributed by atoms with Gasteiger partial charge in [0, 0.05) is 0 Å². The van der Waals surface area contributed by atoms with Crippen molar-refractivity contribution in [2.45, 2.75) is 45.3 Å². The summed E-state index contributed by atoms with van der Waals surface area (Å²) in [7, 11) is 0. The molecule has 1 aliphatic heterocycles. The lowest BCUT2D eigenvalue weighted by atomic mass is 9.82. The molecule has 2 atom stereocenters. The zero-order chi connectivity index (χ0) is 10.5. The minimum atomic E-state index is 0.0804. The van der Waals surface area contributed by atoms with Crippen LogP contribution >= 0.6 is 0 Å². The molecule has 15 heavy (non-hydrogen) atoms. The van der Waals surface area contributed by atoms with Crippen molar-refractivity contribution < 1.29 is 9.47 Å². The highest BCUT2D eigenvalue weighted by molar-refractivity contribution is 4.95. The number of ether oxygens (including phenoxy) is 2. The van der Waals surface area contributed by atoms with Gasteiger partial charge in [-0.05, 0) is 43.9 Å². The number of hydrogen-bond acceptors (Lipinski definition) is 2. The van der Waals surface area contributed by atoms with Crippen molar-refractivity contribution in [3.05, 3.63) is 12.2 Å². The Kier molecular flexibility index (Phi) is 4.21. The Morgan fingerprint density at radius 2 is 2.00 bits per heavy atom. The van der Waals surface area contributed by atoms with Crippen LogP contribution in [-0.4, -0.2) is 19.5 Å². The first kappa shape index (κ1) is 11.2. The largest absolute Gasteiger partial charge is 0.353 e. The predicted molar refractivity (Wildman–Crippen MR) is 60.6 cm³/mol. The summed E-state index contributed by atoms with van der Waals surface area (Å²) in [4.78, 5) is 0. The van der Waals surface area contributed by atoms with Crippen molar-refractivity contribution in [2.75, 3.05) is 13.2 Å². The lowest BCUT2D eigenvalue weighted by Gasteiger charge is -2.28. The van der Waals surface area contributed by atoms with Crippen molar-refractivity contribution >= 4 is 0 Å². The second kappa shape index (κ2) is 5.66. The standard InChI is InChI=1S/C13H22O2/c1-11-5-2-3-6-12(11)7-8-13-14-9-4-10-15-13/h2,5,11-13H,3-4,6-10H2,1H3. The Bertz CT molecular complexity index is 207. The van der Waals surface area contributed by atoms with E-state index in [4.69, 9.17) is 9.47 Å². The van der Waals surface area contributed by atoms with Crippen LogP contribution in [0, 0.1) is 11.8 Å². The highest BCUT2D eigenvalue weighted by Crippen LogP contribution is 2.29. The maximum Gasteiger partial charge on any atom is 0.157 e. The van der Waals surface area contributed by atoms with Gasteiger partial charge >= 0.3 is 0 Å². The van der Waals surface area contributed by atoms with Crippen LogP contribution in [0.4, 0.5) is 0 Å². The van der Waals surface area contributed by atoms with Gasteiger partial charge in [-0.3, -0.25) is 0 Å². The third-order valence-corrected chi connectivity index (χ3v) is 3.56. The molecule has 1 heterocycles. The molecule has 1 fully saturated rings. The Labute approximate surface area is 92.6 Å². The van der Waals surface area contributed by atoms with Crippen LogP contribution in [0.2, 0.25) is 0 Å². The van der Waals surface area contributed by atoms with Crippen LogP contribution in [0.15, 0.2) is 12.2 Å². The predicted octanol–water partition coefficient (Wildman–Crippen LogP) is 3.13. The molecule has 0 bridgehead atoms. The molecule has 2 nitrogen and oxygen atoms in total. The molecule has 0 aromatic carbocycles. The summed E-state index contributed by atoms with van der Waals surface area (Å²) in [6.45, 7) is 4.08. The summed E-state index contributed by atoms with van der Waals surface area (Å²) < 4.78 is 11.1. The molecule has 0 spiro atoms. The molecular weight excluding hydrogens is 188 g/mol. The van der Waals surface area contributed by atoms with Crippen molar-refractivity contribution in [2.24, 2.45) is 11.8 Å². The molecule has 2 unspecified atom stereocenters. The average molecular weight is 210 g/mol. The van der Waals surface area contributed by atoms with Crippen molar-refractivity contribution in [1.82, 2.24) is 0 Å². The van der Waals surface area contributed by atoms with Crippen LogP contribution in [0.3, 0.4) is 0 Å². The van der Waals surface area contributed by atoms with Gasteiger partial charge in [0.15, 0.2) is 6.29 Å². The maximum absolute atomic E-state index is 5.56. The molecule has 1 saturated heterocycles. The smallest absolute Gasteiger partial charge is 0.157 e. The lowest BCUT2D eigenvalue weighted by Crippen LogP contribution is -2.26. The molecule has 1 aliphatic carbocycles. The summed E-state index contributed by atoms with van der Waals surface area (Å²) >= 11 is 0. The van der Waals surface area contributed by atoms with Crippen molar-refractivity contribution in [3.8, 4) is 0 Å². The van der Waals surface area contributed by atoms with E-state index in [1.165, 1.54) is 19.3 Å². The molecule has 86 valence electrons. The number of rotatable bonds is 3. The summed E-state index contributed by atoms with van der Waals surface area (Å²) in [5, 5.41) is 0. The van der Waals surface area contributed by atoms with E-state index in [-0.39, 0.29) is 6.29 Å². The van der Waals surface area contributed by atoms with Crippen LogP contribution in [0.5, 0.6) is 0 Å². The van der Waals surface area contributed by atoms with Gasteiger partial charge in [-0.25, -0.2) is 0 Å². The fourth-order valence-corrected chi connectivity index (χ4v) is 2.50. The first-order valence-electron chi connectivity index (χ1n) is 6.26. The summed E-state index contributed by atoms with van der Waals surface area (Å²) in [5.74, 6) is 1.58. The Morgan fingerprint density at radius 1 is 1.20 bits per heavy atom. The molecule has 2 heteroatoms. The normalized spacial score (nSPS) is 33.1. The van der Waals surface area contributed by atoms with E-state index in [0.717, 1.165) is 37.9 Å². The monoisotopic (exact) mass is 210 g/mol. The third kappa shape index (κ3) is 3.32.